The number of rotatable bonds is 5. The van der Waals surface area contributed by atoms with Crippen LogP contribution in [0.3, 0.4) is 0 Å². The van der Waals surface area contributed by atoms with Crippen LogP contribution in [0.1, 0.15) is 36.7 Å². The SMILES string of the molecule is Cc1cc2c(=O)c(C(=O)O)cn(CCF)c2c(F)c1N1CCN(C(C)C)C(C)C1. The zero-order valence-electron chi connectivity index (χ0n) is 17.2. The fraction of sp³-hybridized carbons (Fsp3) is 0.524. The summed E-state index contributed by atoms with van der Waals surface area (Å²) in [7, 11) is 0. The molecule has 1 aromatic carbocycles. The lowest BCUT2D eigenvalue weighted by Gasteiger charge is -2.43. The normalized spacial score (nSPS) is 18.0. The van der Waals surface area contributed by atoms with Crippen molar-refractivity contribution in [3.05, 3.63) is 39.4 Å². The predicted octanol–water partition coefficient (Wildman–Crippen LogP) is 3.04. The largest absolute Gasteiger partial charge is 0.477 e. The minimum absolute atomic E-state index is 0.0361. The van der Waals surface area contributed by atoms with E-state index in [1.54, 1.807) is 6.92 Å². The van der Waals surface area contributed by atoms with E-state index < -0.39 is 29.5 Å². The molecule has 0 aliphatic carbocycles. The van der Waals surface area contributed by atoms with Gasteiger partial charge in [0.2, 0.25) is 5.43 Å². The minimum atomic E-state index is -1.41. The molecule has 1 aliphatic rings. The average Bonchev–Trinajstić information content (AvgIpc) is 2.63. The number of aryl methyl sites for hydroxylation is 2. The van der Waals surface area contributed by atoms with Gasteiger partial charge in [0.05, 0.1) is 17.7 Å². The number of fused-ring (bicyclic) bond motifs is 1. The molecular weight excluding hydrogens is 380 g/mol. The van der Waals surface area contributed by atoms with Crippen molar-refractivity contribution in [3.8, 4) is 0 Å². The van der Waals surface area contributed by atoms with Crippen molar-refractivity contribution in [3.63, 3.8) is 0 Å². The van der Waals surface area contributed by atoms with Crippen LogP contribution in [0.4, 0.5) is 14.5 Å². The van der Waals surface area contributed by atoms with Gasteiger partial charge in [-0.25, -0.2) is 13.6 Å². The Hall–Kier alpha value is -2.48. The summed E-state index contributed by atoms with van der Waals surface area (Å²) in [5.41, 5.74) is -0.336. The van der Waals surface area contributed by atoms with Crippen LogP contribution in [0.5, 0.6) is 0 Å². The quantitative estimate of drug-likeness (QED) is 0.825. The minimum Gasteiger partial charge on any atom is -0.477 e. The zero-order chi connectivity index (χ0) is 21.5. The number of hydrogen-bond donors (Lipinski definition) is 1. The number of hydrogen-bond acceptors (Lipinski definition) is 4. The molecule has 6 nitrogen and oxygen atoms in total. The Morgan fingerprint density at radius 1 is 1.34 bits per heavy atom. The van der Waals surface area contributed by atoms with Crippen LogP contribution in [0, 0.1) is 12.7 Å². The van der Waals surface area contributed by atoms with Crippen LogP contribution >= 0.6 is 0 Å². The Bertz CT molecular complexity index is 1000. The van der Waals surface area contributed by atoms with Gasteiger partial charge >= 0.3 is 5.97 Å². The van der Waals surface area contributed by atoms with Gasteiger partial charge in [-0.1, -0.05) is 0 Å². The third-order valence-electron chi connectivity index (χ3n) is 5.68. The second-order valence-electron chi connectivity index (χ2n) is 7.94. The Morgan fingerprint density at radius 2 is 2.03 bits per heavy atom. The summed E-state index contributed by atoms with van der Waals surface area (Å²) in [6.07, 6.45) is 1.04. The van der Waals surface area contributed by atoms with E-state index in [-0.39, 0.29) is 23.5 Å². The van der Waals surface area contributed by atoms with Gasteiger partial charge in [0.15, 0.2) is 5.82 Å². The molecule has 0 spiro atoms. The lowest BCUT2D eigenvalue weighted by Crippen LogP contribution is -2.54. The summed E-state index contributed by atoms with van der Waals surface area (Å²) in [5.74, 6) is -2.02. The second kappa shape index (κ2) is 8.10. The molecule has 0 saturated carbocycles. The maximum absolute atomic E-state index is 15.7. The molecule has 1 fully saturated rings. The fourth-order valence-electron chi connectivity index (χ4n) is 4.38. The Morgan fingerprint density at radius 3 is 2.59 bits per heavy atom. The molecule has 1 unspecified atom stereocenters. The smallest absolute Gasteiger partial charge is 0.341 e. The molecule has 8 heteroatoms. The van der Waals surface area contributed by atoms with Crippen molar-refractivity contribution in [2.75, 3.05) is 31.2 Å². The summed E-state index contributed by atoms with van der Waals surface area (Å²) < 4.78 is 30.0. The van der Waals surface area contributed by atoms with Crippen LogP contribution in [-0.2, 0) is 6.54 Å². The predicted molar refractivity (Wildman–Crippen MR) is 109 cm³/mol. The van der Waals surface area contributed by atoms with Gasteiger partial charge in [-0.2, -0.15) is 0 Å². The molecule has 1 atom stereocenters. The molecule has 29 heavy (non-hydrogen) atoms. The van der Waals surface area contributed by atoms with Gasteiger partial charge in [-0.15, -0.1) is 0 Å². The number of nitrogens with zero attached hydrogens (tertiary/aromatic N) is 3. The molecule has 3 rings (SSSR count). The Kier molecular flexibility index (Phi) is 5.93. The van der Waals surface area contributed by atoms with Crippen LogP contribution in [0.2, 0.25) is 0 Å². The fourth-order valence-corrected chi connectivity index (χ4v) is 4.38. The number of pyridine rings is 1. The average molecular weight is 407 g/mol. The number of benzene rings is 1. The zero-order valence-corrected chi connectivity index (χ0v) is 17.2. The number of carboxylic acid groups (broad SMARTS) is 1. The standard InChI is InChI=1S/C21H27F2N3O3/c1-12(2)26-8-7-25(10-14(26)4)18-13(3)9-15-19(17(18)23)24(6-5-22)11-16(20(15)27)21(28)29/h9,11-12,14H,5-8,10H2,1-4H3,(H,28,29). The van der Waals surface area contributed by atoms with E-state index in [1.165, 1.54) is 10.6 Å². The highest BCUT2D eigenvalue weighted by atomic mass is 19.1. The first kappa shape index (κ1) is 21.2. The van der Waals surface area contributed by atoms with Crippen LogP contribution in [0.25, 0.3) is 10.9 Å². The molecule has 0 radical (unpaired) electrons. The highest BCUT2D eigenvalue weighted by molar-refractivity contribution is 5.94. The number of piperazine rings is 1. The first-order chi connectivity index (χ1) is 13.7. The summed E-state index contributed by atoms with van der Waals surface area (Å²) in [6.45, 7) is 9.08. The molecule has 1 saturated heterocycles. The van der Waals surface area contributed by atoms with E-state index in [9.17, 15) is 19.1 Å². The molecule has 0 amide bonds. The molecule has 2 aromatic rings. The molecule has 0 bridgehead atoms. The maximum Gasteiger partial charge on any atom is 0.341 e. The molecule has 1 aliphatic heterocycles. The number of carbonyl (C=O) groups is 1. The van der Waals surface area contributed by atoms with Crippen LogP contribution in [-0.4, -0.2) is 58.9 Å². The van der Waals surface area contributed by atoms with E-state index in [2.05, 4.69) is 25.7 Å². The maximum atomic E-state index is 15.7. The van der Waals surface area contributed by atoms with Crippen molar-refractivity contribution in [2.45, 2.75) is 46.3 Å². The Balaban J connectivity index is 2.18. The lowest BCUT2D eigenvalue weighted by atomic mass is 10.0. The van der Waals surface area contributed by atoms with E-state index in [0.29, 0.717) is 30.4 Å². The Labute approximate surface area is 168 Å². The van der Waals surface area contributed by atoms with Crippen molar-refractivity contribution < 1.29 is 18.7 Å². The first-order valence-corrected chi connectivity index (χ1v) is 9.83. The number of aromatic carboxylic acids is 1. The summed E-state index contributed by atoms with van der Waals surface area (Å²) in [4.78, 5) is 28.3. The number of alkyl halides is 1. The number of anilines is 1. The van der Waals surface area contributed by atoms with Gasteiger partial charge in [0.1, 0.15) is 12.2 Å². The third kappa shape index (κ3) is 3.73. The topological polar surface area (TPSA) is 65.8 Å². The summed E-state index contributed by atoms with van der Waals surface area (Å²) in [5, 5.41) is 9.26. The highest BCUT2D eigenvalue weighted by Gasteiger charge is 2.29. The van der Waals surface area contributed by atoms with Gasteiger partial charge in [0, 0.05) is 43.3 Å². The molecule has 1 N–H and O–H groups in total. The first-order valence-electron chi connectivity index (χ1n) is 9.83. The number of aromatic nitrogens is 1. The van der Waals surface area contributed by atoms with Crippen LogP contribution < -0.4 is 10.3 Å². The third-order valence-corrected chi connectivity index (χ3v) is 5.68. The van der Waals surface area contributed by atoms with Crippen molar-refractivity contribution >= 4 is 22.6 Å². The summed E-state index contributed by atoms with van der Waals surface area (Å²) >= 11 is 0. The van der Waals surface area contributed by atoms with Gasteiger partial charge in [0.25, 0.3) is 0 Å². The van der Waals surface area contributed by atoms with E-state index in [0.717, 1.165) is 12.7 Å². The number of carboxylic acids is 1. The molecule has 2 heterocycles. The summed E-state index contributed by atoms with van der Waals surface area (Å²) in [6, 6.07) is 2.14. The molecule has 158 valence electrons. The molecule has 1 aromatic heterocycles. The number of halogens is 2. The van der Waals surface area contributed by atoms with Crippen molar-refractivity contribution in [1.82, 2.24) is 9.47 Å². The highest BCUT2D eigenvalue weighted by Crippen LogP contribution is 2.32. The van der Waals surface area contributed by atoms with Gasteiger partial charge < -0.3 is 14.6 Å². The van der Waals surface area contributed by atoms with E-state index >= 15 is 4.39 Å². The van der Waals surface area contributed by atoms with Crippen LogP contribution in [0.15, 0.2) is 17.1 Å². The van der Waals surface area contributed by atoms with Gasteiger partial charge in [-0.3, -0.25) is 9.69 Å². The van der Waals surface area contributed by atoms with E-state index in [1.807, 2.05) is 4.90 Å². The van der Waals surface area contributed by atoms with Crippen molar-refractivity contribution in [2.24, 2.45) is 0 Å². The van der Waals surface area contributed by atoms with Crippen molar-refractivity contribution in [1.29, 1.82) is 0 Å². The monoisotopic (exact) mass is 407 g/mol. The van der Waals surface area contributed by atoms with Gasteiger partial charge in [-0.05, 0) is 39.3 Å². The lowest BCUT2D eigenvalue weighted by molar-refractivity contribution is 0.0694. The van der Waals surface area contributed by atoms with E-state index in [4.69, 9.17) is 0 Å². The second-order valence-corrected chi connectivity index (χ2v) is 7.94. The molecular formula is C21H27F2N3O3.